The fraction of sp³-hybridized carbons (Fsp3) is 0.500. The summed E-state index contributed by atoms with van der Waals surface area (Å²) in [5.41, 5.74) is 3.83. The van der Waals surface area contributed by atoms with Gasteiger partial charge in [0, 0.05) is 0 Å². The zero-order valence-corrected chi connectivity index (χ0v) is 11.2. The number of benzene rings is 1. The SMILES string of the molecule is COC(=O)[C@@H](CC(C)C)NOCc1ccccc1. The molecular weight excluding hydrogens is 230 g/mol. The molecule has 0 heterocycles. The second-order valence-corrected chi connectivity index (χ2v) is 4.60. The molecule has 0 aliphatic carbocycles. The van der Waals surface area contributed by atoms with Gasteiger partial charge in [-0.1, -0.05) is 44.2 Å². The molecule has 0 aromatic heterocycles. The fourth-order valence-electron chi connectivity index (χ4n) is 1.61. The second-order valence-electron chi connectivity index (χ2n) is 4.60. The van der Waals surface area contributed by atoms with Gasteiger partial charge < -0.3 is 4.74 Å². The van der Waals surface area contributed by atoms with Gasteiger partial charge >= 0.3 is 5.97 Å². The molecule has 1 N–H and O–H groups in total. The number of carbonyl (C=O) groups excluding carboxylic acids is 1. The number of carbonyl (C=O) groups is 1. The molecule has 0 aliphatic rings. The van der Waals surface area contributed by atoms with Gasteiger partial charge in [-0.25, -0.2) is 0 Å². The third-order valence-electron chi connectivity index (χ3n) is 2.50. The van der Waals surface area contributed by atoms with Crippen LogP contribution in [0.5, 0.6) is 0 Å². The Kier molecular flexibility index (Phi) is 6.39. The average molecular weight is 251 g/mol. The molecule has 0 spiro atoms. The molecule has 1 rings (SSSR count). The quantitative estimate of drug-likeness (QED) is 0.596. The summed E-state index contributed by atoms with van der Waals surface area (Å²) in [6, 6.07) is 9.37. The Bertz CT molecular complexity index is 351. The summed E-state index contributed by atoms with van der Waals surface area (Å²) in [6.07, 6.45) is 0.682. The molecule has 0 saturated carbocycles. The van der Waals surface area contributed by atoms with Crippen LogP contribution < -0.4 is 5.48 Å². The highest BCUT2D eigenvalue weighted by molar-refractivity contribution is 5.75. The van der Waals surface area contributed by atoms with Crippen molar-refractivity contribution in [3.63, 3.8) is 0 Å². The van der Waals surface area contributed by atoms with Crippen molar-refractivity contribution in [3.8, 4) is 0 Å². The predicted octanol–water partition coefficient (Wildman–Crippen LogP) is 2.30. The van der Waals surface area contributed by atoms with Crippen molar-refractivity contribution in [2.24, 2.45) is 5.92 Å². The number of methoxy groups -OCH3 is 1. The largest absolute Gasteiger partial charge is 0.468 e. The third-order valence-corrected chi connectivity index (χ3v) is 2.50. The summed E-state index contributed by atoms with van der Waals surface area (Å²) >= 11 is 0. The Hall–Kier alpha value is -1.39. The molecule has 0 aliphatic heterocycles. The van der Waals surface area contributed by atoms with Crippen LogP contribution in [0.15, 0.2) is 30.3 Å². The number of hydroxylamine groups is 1. The Balaban J connectivity index is 2.40. The van der Waals surface area contributed by atoms with Crippen LogP contribution in [0.25, 0.3) is 0 Å². The van der Waals surface area contributed by atoms with E-state index in [2.05, 4.69) is 19.3 Å². The third kappa shape index (κ3) is 5.29. The van der Waals surface area contributed by atoms with Gasteiger partial charge in [-0.3, -0.25) is 9.63 Å². The van der Waals surface area contributed by atoms with E-state index < -0.39 is 6.04 Å². The van der Waals surface area contributed by atoms with Crippen LogP contribution in [-0.2, 0) is 21.0 Å². The van der Waals surface area contributed by atoms with Gasteiger partial charge in [0.1, 0.15) is 6.04 Å². The zero-order chi connectivity index (χ0) is 13.4. The van der Waals surface area contributed by atoms with E-state index >= 15 is 0 Å². The first-order valence-corrected chi connectivity index (χ1v) is 6.12. The van der Waals surface area contributed by atoms with Crippen molar-refractivity contribution in [2.75, 3.05) is 7.11 Å². The topological polar surface area (TPSA) is 47.6 Å². The monoisotopic (exact) mass is 251 g/mol. The van der Waals surface area contributed by atoms with E-state index in [4.69, 9.17) is 9.57 Å². The van der Waals surface area contributed by atoms with E-state index in [0.29, 0.717) is 18.9 Å². The van der Waals surface area contributed by atoms with Gasteiger partial charge in [-0.05, 0) is 17.9 Å². The first-order valence-electron chi connectivity index (χ1n) is 6.12. The van der Waals surface area contributed by atoms with Gasteiger partial charge in [0.25, 0.3) is 0 Å². The Morgan fingerprint density at radius 2 is 1.94 bits per heavy atom. The van der Waals surface area contributed by atoms with Crippen molar-refractivity contribution in [3.05, 3.63) is 35.9 Å². The lowest BCUT2D eigenvalue weighted by atomic mass is 10.0. The summed E-state index contributed by atoms with van der Waals surface area (Å²) in [6.45, 7) is 4.52. The summed E-state index contributed by atoms with van der Waals surface area (Å²) in [4.78, 5) is 16.9. The van der Waals surface area contributed by atoms with E-state index in [1.807, 2.05) is 30.3 Å². The maximum Gasteiger partial charge on any atom is 0.325 e. The Labute approximate surface area is 108 Å². The molecule has 0 unspecified atom stereocenters. The summed E-state index contributed by atoms with van der Waals surface area (Å²) in [5, 5.41) is 0. The maximum atomic E-state index is 11.5. The Morgan fingerprint density at radius 1 is 1.28 bits per heavy atom. The first-order chi connectivity index (χ1) is 8.63. The highest BCUT2D eigenvalue weighted by atomic mass is 16.6. The molecule has 18 heavy (non-hydrogen) atoms. The molecule has 0 fully saturated rings. The van der Waals surface area contributed by atoms with Gasteiger partial charge in [0.2, 0.25) is 0 Å². The van der Waals surface area contributed by atoms with Gasteiger partial charge in [0.05, 0.1) is 13.7 Å². The molecular formula is C14H21NO3. The molecule has 1 aromatic rings. The van der Waals surface area contributed by atoms with E-state index in [-0.39, 0.29) is 5.97 Å². The molecule has 1 aromatic carbocycles. The van der Waals surface area contributed by atoms with Gasteiger partial charge in [-0.15, -0.1) is 0 Å². The minimum atomic E-state index is -0.418. The van der Waals surface area contributed by atoms with Crippen molar-refractivity contribution in [1.29, 1.82) is 0 Å². The van der Waals surface area contributed by atoms with Crippen LogP contribution in [0.1, 0.15) is 25.8 Å². The standard InChI is InChI=1S/C14H21NO3/c1-11(2)9-13(14(16)17-3)15-18-10-12-7-5-4-6-8-12/h4-8,11,13,15H,9-10H2,1-3H3/t13-/m1/s1. The lowest BCUT2D eigenvalue weighted by Crippen LogP contribution is -2.38. The van der Waals surface area contributed by atoms with Crippen molar-refractivity contribution in [2.45, 2.75) is 32.9 Å². The van der Waals surface area contributed by atoms with E-state index in [1.165, 1.54) is 7.11 Å². The summed E-state index contributed by atoms with van der Waals surface area (Å²) in [7, 11) is 1.38. The fourth-order valence-corrected chi connectivity index (χ4v) is 1.61. The highest BCUT2D eigenvalue weighted by Gasteiger charge is 2.20. The smallest absolute Gasteiger partial charge is 0.325 e. The molecule has 0 saturated heterocycles. The lowest BCUT2D eigenvalue weighted by Gasteiger charge is -2.17. The van der Waals surface area contributed by atoms with Crippen LogP contribution in [0.4, 0.5) is 0 Å². The number of rotatable bonds is 7. The number of ether oxygens (including phenoxy) is 1. The molecule has 0 amide bonds. The van der Waals surface area contributed by atoms with Crippen molar-refractivity contribution >= 4 is 5.97 Å². The average Bonchev–Trinajstić information content (AvgIpc) is 2.37. The van der Waals surface area contributed by atoms with Crippen molar-refractivity contribution < 1.29 is 14.4 Å². The highest BCUT2D eigenvalue weighted by Crippen LogP contribution is 2.07. The maximum absolute atomic E-state index is 11.5. The van der Waals surface area contributed by atoms with Crippen LogP contribution in [0.3, 0.4) is 0 Å². The molecule has 100 valence electrons. The van der Waals surface area contributed by atoms with Crippen LogP contribution in [-0.4, -0.2) is 19.1 Å². The van der Waals surface area contributed by atoms with E-state index in [9.17, 15) is 4.79 Å². The molecule has 0 radical (unpaired) electrons. The Morgan fingerprint density at radius 3 is 2.50 bits per heavy atom. The van der Waals surface area contributed by atoms with Gasteiger partial charge in [0.15, 0.2) is 0 Å². The van der Waals surface area contributed by atoms with Gasteiger partial charge in [-0.2, -0.15) is 5.48 Å². The minimum Gasteiger partial charge on any atom is -0.468 e. The zero-order valence-electron chi connectivity index (χ0n) is 11.2. The number of hydrogen-bond acceptors (Lipinski definition) is 4. The lowest BCUT2D eigenvalue weighted by molar-refractivity contribution is -0.149. The number of hydrogen-bond donors (Lipinski definition) is 1. The number of esters is 1. The summed E-state index contributed by atoms with van der Waals surface area (Å²) in [5.74, 6) is 0.0960. The molecule has 4 nitrogen and oxygen atoms in total. The van der Waals surface area contributed by atoms with E-state index in [1.54, 1.807) is 0 Å². The molecule has 0 bridgehead atoms. The second kappa shape index (κ2) is 7.84. The predicted molar refractivity (Wildman–Crippen MR) is 69.6 cm³/mol. The molecule has 4 heteroatoms. The van der Waals surface area contributed by atoms with Crippen LogP contribution >= 0.6 is 0 Å². The van der Waals surface area contributed by atoms with Crippen LogP contribution in [0.2, 0.25) is 0 Å². The van der Waals surface area contributed by atoms with E-state index in [0.717, 1.165) is 5.56 Å². The van der Waals surface area contributed by atoms with Crippen LogP contribution in [0, 0.1) is 5.92 Å². The molecule has 1 atom stereocenters. The normalized spacial score (nSPS) is 12.4. The van der Waals surface area contributed by atoms with Crippen molar-refractivity contribution in [1.82, 2.24) is 5.48 Å². The number of nitrogens with one attached hydrogen (secondary N) is 1. The first kappa shape index (κ1) is 14.7. The summed E-state index contributed by atoms with van der Waals surface area (Å²) < 4.78 is 4.73. The minimum absolute atomic E-state index is 0.295.